The largest absolute Gasteiger partial charge is 0.456 e. The number of fused-ring (bicyclic) bond motifs is 3. The normalized spacial score (nSPS) is 12.5. The Morgan fingerprint density at radius 3 is 2.42 bits per heavy atom. The van der Waals surface area contributed by atoms with Crippen LogP contribution in [0.25, 0.3) is 21.9 Å². The molecule has 0 bridgehead atoms. The third-order valence-electron chi connectivity index (χ3n) is 6.14. The molecule has 0 aliphatic carbocycles. The molecule has 2 heterocycles. The van der Waals surface area contributed by atoms with Crippen molar-refractivity contribution in [3.63, 3.8) is 0 Å². The number of ketones is 1. The summed E-state index contributed by atoms with van der Waals surface area (Å²) in [6, 6.07) is 15.1. The molecule has 11 nitrogen and oxygen atoms in total. The van der Waals surface area contributed by atoms with E-state index in [-0.39, 0.29) is 23.8 Å². The molecule has 1 atom stereocenters. The Kier molecular flexibility index (Phi) is 8.80. The van der Waals surface area contributed by atoms with Crippen LogP contribution in [0.3, 0.4) is 0 Å². The maximum atomic E-state index is 13.4. The molecule has 0 spiro atoms. The van der Waals surface area contributed by atoms with E-state index in [1.807, 2.05) is 32.0 Å². The summed E-state index contributed by atoms with van der Waals surface area (Å²) in [5, 5.41) is 1.40. The van der Waals surface area contributed by atoms with Crippen LogP contribution in [0.1, 0.15) is 25.8 Å². The number of ether oxygens (including phenoxy) is 1. The number of furan rings is 1. The lowest BCUT2D eigenvalue weighted by molar-refractivity contribution is -0.144. The molecule has 4 aromatic rings. The number of rotatable bonds is 12. The molecule has 40 heavy (non-hydrogen) atoms. The van der Waals surface area contributed by atoms with Gasteiger partial charge >= 0.3 is 6.09 Å². The summed E-state index contributed by atoms with van der Waals surface area (Å²) in [5.41, 5.74) is 7.03. The van der Waals surface area contributed by atoms with E-state index in [4.69, 9.17) is 14.9 Å². The van der Waals surface area contributed by atoms with Crippen molar-refractivity contribution in [3.05, 3.63) is 72.6 Å². The number of nitrogens with two attached hydrogens (primary N) is 1. The Morgan fingerprint density at radius 1 is 1.02 bits per heavy atom. The number of sulfonamides is 1. The van der Waals surface area contributed by atoms with Crippen molar-refractivity contribution >= 4 is 49.7 Å². The average Bonchev–Trinajstić information content (AvgIpc) is 3.29. The predicted molar refractivity (Wildman–Crippen MR) is 147 cm³/mol. The van der Waals surface area contributed by atoms with Crippen molar-refractivity contribution < 1.29 is 32.0 Å². The molecular formula is C28H30N4O7S. The summed E-state index contributed by atoms with van der Waals surface area (Å²) in [4.78, 5) is 42.9. The number of amides is 2. The van der Waals surface area contributed by atoms with Gasteiger partial charge in [0.1, 0.15) is 11.2 Å². The van der Waals surface area contributed by atoms with Gasteiger partial charge in [0.25, 0.3) is 5.91 Å². The van der Waals surface area contributed by atoms with Crippen LogP contribution in [-0.2, 0) is 30.9 Å². The van der Waals surface area contributed by atoms with Gasteiger partial charge in [-0.15, -0.1) is 0 Å². The molecule has 0 aliphatic heterocycles. The molecule has 2 amide bonds. The molecule has 210 valence electrons. The summed E-state index contributed by atoms with van der Waals surface area (Å²) < 4.78 is 39.2. The van der Waals surface area contributed by atoms with Gasteiger partial charge in [0, 0.05) is 29.7 Å². The zero-order valence-corrected chi connectivity index (χ0v) is 22.9. The number of Topliss-reactive ketones (excluding diaryl/α,β-unsaturated/α-hetero) is 1. The molecule has 0 radical (unpaired) electrons. The van der Waals surface area contributed by atoms with E-state index < -0.39 is 47.0 Å². The minimum atomic E-state index is -4.07. The molecule has 1 unspecified atom stereocenters. The monoisotopic (exact) mass is 566 g/mol. The number of benzene rings is 2. The van der Waals surface area contributed by atoms with Crippen molar-refractivity contribution in [3.8, 4) is 0 Å². The number of primary amides is 1. The molecule has 2 aromatic heterocycles. The fourth-order valence-corrected chi connectivity index (χ4v) is 5.33. The fourth-order valence-electron chi connectivity index (χ4n) is 4.29. The van der Waals surface area contributed by atoms with Crippen LogP contribution in [-0.4, -0.2) is 55.3 Å². The van der Waals surface area contributed by atoms with E-state index in [0.29, 0.717) is 22.1 Å². The second-order valence-corrected chi connectivity index (χ2v) is 11.5. The summed E-state index contributed by atoms with van der Waals surface area (Å²) in [5.74, 6) is -1.19. The van der Waals surface area contributed by atoms with E-state index in [0.717, 1.165) is 5.39 Å². The Morgan fingerprint density at radius 2 is 1.73 bits per heavy atom. The predicted octanol–water partition coefficient (Wildman–Crippen LogP) is 3.37. The number of carbonyl (C=O) groups excluding carboxylic acids is 3. The number of pyridine rings is 1. The first-order valence-corrected chi connectivity index (χ1v) is 14.1. The van der Waals surface area contributed by atoms with E-state index in [2.05, 4.69) is 9.71 Å². The summed E-state index contributed by atoms with van der Waals surface area (Å²) in [7, 11) is -4.07. The molecule has 0 fully saturated rings. The zero-order chi connectivity index (χ0) is 28.9. The molecule has 0 saturated heterocycles. The first-order valence-electron chi connectivity index (χ1n) is 12.6. The van der Waals surface area contributed by atoms with E-state index >= 15 is 0 Å². The third kappa shape index (κ3) is 7.01. The highest BCUT2D eigenvalue weighted by Gasteiger charge is 2.30. The van der Waals surface area contributed by atoms with Crippen molar-refractivity contribution in [2.24, 2.45) is 11.7 Å². The number of hydrogen-bond acceptors (Lipinski definition) is 8. The molecule has 2 aromatic carbocycles. The SMILES string of the molecule is CC(C)CC(OC(N)=O)C(=O)N(CC(=O)CNS(=O)(=O)c1ccc2oc3ccccc3c2c1)Cc1ccncc1. The van der Waals surface area contributed by atoms with Gasteiger partial charge in [0.2, 0.25) is 10.0 Å². The Bertz CT molecular complexity index is 1630. The second kappa shape index (κ2) is 12.3. The summed E-state index contributed by atoms with van der Waals surface area (Å²) in [6.45, 7) is 2.73. The number of aromatic nitrogens is 1. The number of para-hydroxylation sites is 1. The quantitative estimate of drug-likeness (QED) is 0.264. The maximum absolute atomic E-state index is 13.4. The van der Waals surface area contributed by atoms with Crippen LogP contribution in [0, 0.1) is 5.92 Å². The number of carbonyl (C=O) groups is 3. The van der Waals surface area contributed by atoms with Crippen LogP contribution in [0.15, 0.2) is 76.3 Å². The number of hydrogen-bond donors (Lipinski definition) is 2. The highest BCUT2D eigenvalue weighted by atomic mass is 32.2. The maximum Gasteiger partial charge on any atom is 0.405 e. The van der Waals surface area contributed by atoms with Crippen LogP contribution < -0.4 is 10.5 Å². The highest BCUT2D eigenvalue weighted by Crippen LogP contribution is 2.30. The van der Waals surface area contributed by atoms with Crippen LogP contribution in [0.5, 0.6) is 0 Å². The third-order valence-corrected chi connectivity index (χ3v) is 7.54. The standard InChI is InChI=1S/C28H30N4O7S/c1-18(2)13-26(39-28(29)35)27(34)32(16-19-9-11-30-12-10-19)17-20(33)15-31-40(36,37)21-7-8-25-23(14-21)22-5-3-4-6-24(22)38-25/h3-12,14,18,26,31H,13,15-17H2,1-2H3,(H2,29,35). The first kappa shape index (κ1) is 28.7. The molecule has 12 heteroatoms. The Balaban J connectivity index is 1.50. The Hall–Kier alpha value is -4.29. The lowest BCUT2D eigenvalue weighted by Gasteiger charge is -2.27. The lowest BCUT2D eigenvalue weighted by Crippen LogP contribution is -2.46. The van der Waals surface area contributed by atoms with Gasteiger partial charge in [-0.1, -0.05) is 32.0 Å². The topological polar surface area (TPSA) is 162 Å². The fraction of sp³-hybridized carbons (Fsp3) is 0.286. The van der Waals surface area contributed by atoms with Gasteiger partial charge < -0.3 is 19.8 Å². The number of nitrogens with one attached hydrogen (secondary N) is 1. The summed E-state index contributed by atoms with van der Waals surface area (Å²) in [6.07, 6.45) is 0.976. The van der Waals surface area contributed by atoms with Crippen LogP contribution in [0.4, 0.5) is 4.79 Å². The van der Waals surface area contributed by atoms with Gasteiger partial charge in [0.05, 0.1) is 18.0 Å². The number of nitrogens with zero attached hydrogens (tertiary/aromatic N) is 2. The molecule has 0 aliphatic rings. The van der Waals surface area contributed by atoms with Crippen molar-refractivity contribution in [1.82, 2.24) is 14.6 Å². The average molecular weight is 567 g/mol. The van der Waals surface area contributed by atoms with Crippen molar-refractivity contribution in [1.29, 1.82) is 0 Å². The smallest absolute Gasteiger partial charge is 0.405 e. The van der Waals surface area contributed by atoms with Gasteiger partial charge in [-0.3, -0.25) is 14.6 Å². The Labute approximate surface area is 231 Å². The minimum absolute atomic E-state index is 0.0109. The van der Waals surface area contributed by atoms with E-state index in [1.54, 1.807) is 36.7 Å². The van der Waals surface area contributed by atoms with Gasteiger partial charge in [-0.2, -0.15) is 0 Å². The molecule has 3 N–H and O–H groups in total. The molecule has 4 rings (SSSR count). The van der Waals surface area contributed by atoms with Crippen molar-refractivity contribution in [2.75, 3.05) is 13.1 Å². The highest BCUT2D eigenvalue weighted by molar-refractivity contribution is 7.89. The van der Waals surface area contributed by atoms with E-state index in [1.165, 1.54) is 17.0 Å². The van der Waals surface area contributed by atoms with E-state index in [9.17, 15) is 22.8 Å². The zero-order valence-electron chi connectivity index (χ0n) is 22.1. The van der Waals surface area contributed by atoms with Gasteiger partial charge in [0.15, 0.2) is 11.9 Å². The van der Waals surface area contributed by atoms with Crippen LogP contribution in [0.2, 0.25) is 0 Å². The van der Waals surface area contributed by atoms with Crippen molar-refractivity contribution in [2.45, 2.75) is 37.8 Å². The second-order valence-electron chi connectivity index (χ2n) is 9.72. The van der Waals surface area contributed by atoms with Crippen LogP contribution >= 0.6 is 0 Å². The van der Waals surface area contributed by atoms with Gasteiger partial charge in [-0.25, -0.2) is 17.9 Å². The first-order chi connectivity index (χ1) is 19.0. The molecular weight excluding hydrogens is 536 g/mol. The minimum Gasteiger partial charge on any atom is -0.456 e. The summed E-state index contributed by atoms with van der Waals surface area (Å²) >= 11 is 0. The lowest BCUT2D eigenvalue weighted by atomic mass is 10.0. The molecule has 0 saturated carbocycles. The van der Waals surface area contributed by atoms with Gasteiger partial charge in [-0.05, 0) is 54.3 Å².